The van der Waals surface area contributed by atoms with Crippen LogP contribution in [0.4, 0.5) is 0 Å². The van der Waals surface area contributed by atoms with Crippen molar-refractivity contribution in [2.75, 3.05) is 6.61 Å². The molecule has 1 rings (SSSR count). The predicted molar refractivity (Wildman–Crippen MR) is 64.3 cm³/mol. The highest BCUT2D eigenvalue weighted by Crippen LogP contribution is 2.21. The van der Waals surface area contributed by atoms with Gasteiger partial charge in [0, 0.05) is 11.4 Å². The second-order valence-corrected chi connectivity index (χ2v) is 3.86. The first-order valence-corrected chi connectivity index (χ1v) is 5.36. The van der Waals surface area contributed by atoms with Crippen LogP contribution in [0.25, 0.3) is 0 Å². The number of rotatable bonds is 5. The normalized spacial score (nSPS) is 11.5. The first-order valence-electron chi connectivity index (χ1n) is 4.99. The maximum absolute atomic E-state index is 8.33. The molecule has 0 bridgehead atoms. The van der Waals surface area contributed by atoms with Crippen LogP contribution in [0.5, 0.6) is 5.75 Å². The lowest BCUT2D eigenvalue weighted by atomic mass is 10.2. The van der Waals surface area contributed by atoms with Gasteiger partial charge in [-0.05, 0) is 37.1 Å². The Hall–Kier alpha value is -1.42. The molecule has 0 aliphatic carbocycles. The number of hydrogen-bond donors (Lipinski definition) is 2. The van der Waals surface area contributed by atoms with Crippen molar-refractivity contribution in [3.05, 3.63) is 28.8 Å². The molecule has 0 aromatic heterocycles. The molecule has 0 atom stereocenters. The molecule has 0 spiro atoms. The van der Waals surface area contributed by atoms with Crippen LogP contribution in [0, 0.1) is 6.92 Å². The van der Waals surface area contributed by atoms with E-state index in [9.17, 15) is 0 Å². The Morgan fingerprint density at radius 1 is 1.56 bits per heavy atom. The fourth-order valence-corrected chi connectivity index (χ4v) is 1.32. The fourth-order valence-electron chi connectivity index (χ4n) is 1.20. The van der Waals surface area contributed by atoms with E-state index in [1.807, 2.05) is 19.1 Å². The van der Waals surface area contributed by atoms with E-state index in [1.165, 1.54) is 0 Å². The summed E-state index contributed by atoms with van der Waals surface area (Å²) in [5.74, 6) is 0.997. The van der Waals surface area contributed by atoms with Crippen LogP contribution in [0.1, 0.15) is 18.4 Å². The van der Waals surface area contributed by atoms with E-state index in [0.717, 1.165) is 16.3 Å². The van der Waals surface area contributed by atoms with Crippen LogP contribution in [0.15, 0.2) is 23.4 Å². The third-order valence-corrected chi connectivity index (χ3v) is 2.53. The largest absolute Gasteiger partial charge is 0.494 e. The summed E-state index contributed by atoms with van der Waals surface area (Å²) in [6.45, 7) is 2.45. The van der Waals surface area contributed by atoms with Crippen molar-refractivity contribution in [2.24, 2.45) is 10.9 Å². The van der Waals surface area contributed by atoms with Crippen molar-refractivity contribution in [1.29, 1.82) is 0 Å². The third kappa shape index (κ3) is 3.98. The standard InChI is InChI=1S/C11H15ClN2O2/c1-8-7-9(4-5-10(8)12)16-6-2-3-11(13)14-15/h4-5,7,15H,2-3,6H2,1H3,(H2,13,14). The molecule has 0 radical (unpaired) electrons. The number of amidine groups is 1. The lowest BCUT2D eigenvalue weighted by Gasteiger charge is -2.07. The monoisotopic (exact) mass is 242 g/mol. The van der Waals surface area contributed by atoms with Gasteiger partial charge in [-0.3, -0.25) is 0 Å². The number of nitrogens with two attached hydrogens (primary N) is 1. The summed E-state index contributed by atoms with van der Waals surface area (Å²) in [4.78, 5) is 0. The molecule has 88 valence electrons. The second kappa shape index (κ2) is 6.23. The molecule has 0 unspecified atom stereocenters. The van der Waals surface area contributed by atoms with Crippen molar-refractivity contribution in [3.63, 3.8) is 0 Å². The van der Waals surface area contributed by atoms with Crippen molar-refractivity contribution in [3.8, 4) is 5.75 Å². The van der Waals surface area contributed by atoms with E-state index in [0.29, 0.717) is 19.4 Å². The zero-order chi connectivity index (χ0) is 12.0. The van der Waals surface area contributed by atoms with Crippen LogP contribution < -0.4 is 10.5 Å². The van der Waals surface area contributed by atoms with Gasteiger partial charge in [0.1, 0.15) is 11.6 Å². The van der Waals surface area contributed by atoms with Crippen LogP contribution >= 0.6 is 11.6 Å². The summed E-state index contributed by atoms with van der Waals surface area (Å²) >= 11 is 5.89. The third-order valence-electron chi connectivity index (χ3n) is 2.10. The molecule has 3 N–H and O–H groups in total. The molecule has 0 fully saturated rings. The summed E-state index contributed by atoms with van der Waals surface area (Å²) in [6.07, 6.45) is 1.22. The minimum atomic E-state index is 0.218. The molecule has 5 heteroatoms. The summed E-state index contributed by atoms with van der Waals surface area (Å²) in [7, 11) is 0. The maximum atomic E-state index is 8.33. The molecular formula is C11H15ClN2O2. The van der Waals surface area contributed by atoms with Gasteiger partial charge in [0.25, 0.3) is 0 Å². The predicted octanol–water partition coefficient (Wildman–Crippen LogP) is 2.55. The highest BCUT2D eigenvalue weighted by Gasteiger charge is 1.99. The summed E-state index contributed by atoms with van der Waals surface area (Å²) < 4.78 is 5.49. The fraction of sp³-hybridized carbons (Fsp3) is 0.364. The van der Waals surface area contributed by atoms with Gasteiger partial charge in [0.15, 0.2) is 0 Å². The van der Waals surface area contributed by atoms with Gasteiger partial charge < -0.3 is 15.7 Å². The number of benzene rings is 1. The van der Waals surface area contributed by atoms with Gasteiger partial charge in [-0.25, -0.2) is 0 Å². The van der Waals surface area contributed by atoms with Crippen LogP contribution in [-0.4, -0.2) is 17.6 Å². The Bertz CT molecular complexity index is 380. The molecule has 4 nitrogen and oxygen atoms in total. The molecule has 0 saturated carbocycles. The lowest BCUT2D eigenvalue weighted by molar-refractivity contribution is 0.305. The Balaban J connectivity index is 2.35. The van der Waals surface area contributed by atoms with Gasteiger partial charge in [-0.2, -0.15) is 0 Å². The lowest BCUT2D eigenvalue weighted by Crippen LogP contribution is -2.12. The molecular weight excluding hydrogens is 228 g/mol. The van der Waals surface area contributed by atoms with Gasteiger partial charge in [-0.1, -0.05) is 16.8 Å². The van der Waals surface area contributed by atoms with Crippen LogP contribution in [0.3, 0.4) is 0 Å². The van der Waals surface area contributed by atoms with Gasteiger partial charge in [-0.15, -0.1) is 0 Å². The van der Waals surface area contributed by atoms with Gasteiger partial charge in [0.05, 0.1) is 6.61 Å². The number of oxime groups is 1. The average Bonchev–Trinajstić information content (AvgIpc) is 2.28. The zero-order valence-electron chi connectivity index (χ0n) is 9.11. The van der Waals surface area contributed by atoms with E-state index in [-0.39, 0.29) is 5.84 Å². The minimum absolute atomic E-state index is 0.218. The van der Waals surface area contributed by atoms with Crippen LogP contribution in [-0.2, 0) is 0 Å². The van der Waals surface area contributed by atoms with E-state index in [2.05, 4.69) is 5.16 Å². The van der Waals surface area contributed by atoms with Crippen molar-refractivity contribution < 1.29 is 9.94 Å². The van der Waals surface area contributed by atoms with Crippen molar-refractivity contribution >= 4 is 17.4 Å². The smallest absolute Gasteiger partial charge is 0.139 e. The van der Waals surface area contributed by atoms with Gasteiger partial charge >= 0.3 is 0 Å². The topological polar surface area (TPSA) is 67.8 Å². The minimum Gasteiger partial charge on any atom is -0.494 e. The Morgan fingerprint density at radius 2 is 2.31 bits per heavy atom. The molecule has 0 aliphatic heterocycles. The number of aryl methyl sites for hydroxylation is 1. The molecule has 0 amide bonds. The molecule has 0 heterocycles. The highest BCUT2D eigenvalue weighted by molar-refractivity contribution is 6.31. The number of halogens is 1. The van der Waals surface area contributed by atoms with E-state index in [4.69, 9.17) is 27.3 Å². The number of ether oxygens (including phenoxy) is 1. The first-order chi connectivity index (χ1) is 7.63. The highest BCUT2D eigenvalue weighted by atomic mass is 35.5. The Morgan fingerprint density at radius 3 is 2.94 bits per heavy atom. The van der Waals surface area contributed by atoms with Crippen molar-refractivity contribution in [2.45, 2.75) is 19.8 Å². The number of nitrogens with zero attached hydrogens (tertiary/aromatic N) is 1. The average molecular weight is 243 g/mol. The summed E-state index contributed by atoms with van der Waals surface area (Å²) in [5, 5.41) is 11.9. The van der Waals surface area contributed by atoms with Gasteiger partial charge in [0.2, 0.25) is 0 Å². The first kappa shape index (κ1) is 12.6. The SMILES string of the molecule is Cc1cc(OCCC/C(N)=N/O)ccc1Cl. The molecule has 1 aromatic carbocycles. The summed E-state index contributed by atoms with van der Waals surface area (Å²) in [5.41, 5.74) is 6.31. The van der Waals surface area contributed by atoms with E-state index in [1.54, 1.807) is 6.07 Å². The summed E-state index contributed by atoms with van der Waals surface area (Å²) in [6, 6.07) is 5.50. The molecule has 0 saturated heterocycles. The Kier molecular flexibility index (Phi) is 4.92. The Labute approximate surface area is 99.7 Å². The van der Waals surface area contributed by atoms with E-state index >= 15 is 0 Å². The number of hydrogen-bond acceptors (Lipinski definition) is 3. The van der Waals surface area contributed by atoms with Crippen molar-refractivity contribution in [1.82, 2.24) is 0 Å². The molecule has 16 heavy (non-hydrogen) atoms. The molecule has 0 aliphatic rings. The second-order valence-electron chi connectivity index (χ2n) is 3.45. The maximum Gasteiger partial charge on any atom is 0.139 e. The zero-order valence-corrected chi connectivity index (χ0v) is 9.87. The van der Waals surface area contributed by atoms with E-state index < -0.39 is 0 Å². The molecule has 1 aromatic rings. The van der Waals surface area contributed by atoms with Crippen LogP contribution in [0.2, 0.25) is 5.02 Å². The quantitative estimate of drug-likeness (QED) is 0.274.